The number of hydrogen-bond donors (Lipinski definition) is 1. The molecule has 0 aliphatic carbocycles. The van der Waals surface area contributed by atoms with E-state index in [1.807, 2.05) is 51.0 Å². The highest BCUT2D eigenvalue weighted by atomic mass is 32.2. The number of pyridine rings is 1. The molecule has 7 nitrogen and oxygen atoms in total. The SMILES string of the molecule is Cc1ccc2nc(C)cc(C(=O)Nc3cc(S(=O)(=O)N(C)C)ccc3N(C)C)c2c1. The molecule has 0 saturated carbocycles. The van der Waals surface area contributed by atoms with Gasteiger partial charge >= 0.3 is 0 Å². The van der Waals surface area contributed by atoms with Crippen LogP contribution in [0.15, 0.2) is 47.4 Å². The molecule has 3 aromatic rings. The largest absolute Gasteiger partial charge is 0.376 e. The van der Waals surface area contributed by atoms with Gasteiger partial charge in [0, 0.05) is 39.3 Å². The second kappa shape index (κ2) is 8.04. The Bertz CT molecular complexity index is 1230. The van der Waals surface area contributed by atoms with Crippen LogP contribution in [0.25, 0.3) is 10.9 Å². The lowest BCUT2D eigenvalue weighted by Gasteiger charge is -2.20. The maximum Gasteiger partial charge on any atom is 0.256 e. The Hall–Kier alpha value is -2.97. The third-order valence-electron chi connectivity index (χ3n) is 4.81. The standard InChI is InChI=1S/C22H26N4O3S/c1-14-7-9-19-17(11-14)18(12-15(2)23-19)22(27)24-20-13-16(30(28,29)26(5)6)8-10-21(20)25(3)4/h7-13H,1-6H3,(H,24,27). The molecule has 3 rings (SSSR count). The molecule has 0 fully saturated rings. The first-order valence-corrected chi connectivity index (χ1v) is 10.9. The van der Waals surface area contributed by atoms with Gasteiger partial charge in [0.1, 0.15) is 0 Å². The van der Waals surface area contributed by atoms with Crippen molar-refractivity contribution in [2.45, 2.75) is 18.7 Å². The van der Waals surface area contributed by atoms with Crippen LogP contribution in [0.5, 0.6) is 0 Å². The smallest absolute Gasteiger partial charge is 0.256 e. The van der Waals surface area contributed by atoms with Gasteiger partial charge in [-0.3, -0.25) is 9.78 Å². The second-order valence-electron chi connectivity index (χ2n) is 7.65. The number of nitrogens with zero attached hydrogens (tertiary/aromatic N) is 3. The Labute approximate surface area is 177 Å². The Kier molecular flexibility index (Phi) is 5.83. The molecule has 8 heteroatoms. The minimum Gasteiger partial charge on any atom is -0.376 e. The van der Waals surface area contributed by atoms with Gasteiger partial charge in [0.05, 0.1) is 27.4 Å². The predicted octanol–water partition coefficient (Wildman–Crippen LogP) is 3.42. The lowest BCUT2D eigenvalue weighted by atomic mass is 10.0. The van der Waals surface area contributed by atoms with Gasteiger partial charge < -0.3 is 10.2 Å². The zero-order valence-corrected chi connectivity index (χ0v) is 18.8. The van der Waals surface area contributed by atoms with Crippen LogP contribution in [-0.2, 0) is 10.0 Å². The van der Waals surface area contributed by atoms with Crippen molar-refractivity contribution in [1.29, 1.82) is 0 Å². The van der Waals surface area contributed by atoms with Crippen LogP contribution in [0, 0.1) is 13.8 Å². The molecule has 0 aliphatic heterocycles. The summed E-state index contributed by atoms with van der Waals surface area (Å²) in [5, 5.41) is 3.66. The third kappa shape index (κ3) is 4.15. The van der Waals surface area contributed by atoms with E-state index in [4.69, 9.17) is 0 Å². The van der Waals surface area contributed by atoms with Crippen molar-refractivity contribution in [3.63, 3.8) is 0 Å². The topological polar surface area (TPSA) is 82.6 Å². The maximum absolute atomic E-state index is 13.2. The van der Waals surface area contributed by atoms with Crippen molar-refractivity contribution < 1.29 is 13.2 Å². The number of fused-ring (bicyclic) bond motifs is 1. The van der Waals surface area contributed by atoms with Crippen molar-refractivity contribution >= 4 is 38.2 Å². The van der Waals surface area contributed by atoms with Crippen molar-refractivity contribution in [3.05, 3.63) is 59.3 Å². The molecule has 0 aliphatic rings. The minimum absolute atomic E-state index is 0.111. The summed E-state index contributed by atoms with van der Waals surface area (Å²) in [4.78, 5) is 19.7. The fourth-order valence-corrected chi connectivity index (χ4v) is 4.15. The van der Waals surface area contributed by atoms with Crippen LogP contribution < -0.4 is 10.2 Å². The van der Waals surface area contributed by atoms with Crippen LogP contribution in [0.3, 0.4) is 0 Å². The molecule has 0 bridgehead atoms. The van der Waals surface area contributed by atoms with Crippen LogP contribution in [0.2, 0.25) is 0 Å². The number of amides is 1. The molecule has 0 unspecified atom stereocenters. The quantitative estimate of drug-likeness (QED) is 0.676. The number of aryl methyl sites for hydroxylation is 2. The Morgan fingerprint density at radius 1 is 0.967 bits per heavy atom. The molecule has 158 valence electrons. The lowest BCUT2D eigenvalue weighted by Crippen LogP contribution is -2.23. The average molecular weight is 427 g/mol. The zero-order chi connectivity index (χ0) is 22.2. The number of benzene rings is 2. The maximum atomic E-state index is 13.2. The summed E-state index contributed by atoms with van der Waals surface area (Å²) >= 11 is 0. The van der Waals surface area contributed by atoms with Gasteiger partial charge in [-0.25, -0.2) is 12.7 Å². The average Bonchev–Trinajstić information content (AvgIpc) is 2.67. The first kappa shape index (κ1) is 21.7. The number of rotatable bonds is 5. The van der Waals surface area contributed by atoms with Gasteiger partial charge in [0.15, 0.2) is 0 Å². The normalized spacial score (nSPS) is 11.7. The van der Waals surface area contributed by atoms with Crippen LogP contribution in [0.1, 0.15) is 21.6 Å². The lowest BCUT2D eigenvalue weighted by molar-refractivity contribution is 0.102. The van der Waals surface area contributed by atoms with Gasteiger partial charge in [-0.05, 0) is 50.2 Å². The number of nitrogens with one attached hydrogen (secondary N) is 1. The van der Waals surface area contributed by atoms with E-state index >= 15 is 0 Å². The summed E-state index contributed by atoms with van der Waals surface area (Å²) < 4.78 is 26.3. The zero-order valence-electron chi connectivity index (χ0n) is 18.0. The highest BCUT2D eigenvalue weighted by Gasteiger charge is 2.21. The number of sulfonamides is 1. The summed E-state index contributed by atoms with van der Waals surface area (Å²) in [6.07, 6.45) is 0. The van der Waals surface area contributed by atoms with E-state index in [-0.39, 0.29) is 10.8 Å². The van der Waals surface area contributed by atoms with E-state index in [1.165, 1.54) is 26.2 Å². The van der Waals surface area contributed by atoms with E-state index in [0.717, 1.165) is 26.5 Å². The first-order valence-electron chi connectivity index (χ1n) is 9.44. The summed E-state index contributed by atoms with van der Waals surface area (Å²) in [6, 6.07) is 12.2. The van der Waals surface area contributed by atoms with Gasteiger partial charge in [-0.1, -0.05) is 11.6 Å². The van der Waals surface area contributed by atoms with E-state index in [9.17, 15) is 13.2 Å². The Balaban J connectivity index is 2.11. The number of carbonyl (C=O) groups excluding carboxylic acids is 1. The molecule has 2 aromatic carbocycles. The van der Waals surface area contributed by atoms with Gasteiger partial charge in [0.2, 0.25) is 10.0 Å². The Morgan fingerprint density at radius 2 is 1.67 bits per heavy atom. The van der Waals surface area contributed by atoms with E-state index in [1.54, 1.807) is 12.1 Å². The van der Waals surface area contributed by atoms with Gasteiger partial charge in [-0.15, -0.1) is 0 Å². The molecule has 0 radical (unpaired) electrons. The molecule has 1 heterocycles. The molecule has 1 N–H and O–H groups in total. The molecule has 30 heavy (non-hydrogen) atoms. The molecule has 0 saturated heterocycles. The molecule has 1 amide bonds. The fraction of sp³-hybridized carbons (Fsp3) is 0.273. The molecule has 1 aromatic heterocycles. The number of aromatic nitrogens is 1. The number of anilines is 2. The van der Waals surface area contributed by atoms with Crippen LogP contribution >= 0.6 is 0 Å². The van der Waals surface area contributed by atoms with Crippen LogP contribution in [0.4, 0.5) is 11.4 Å². The predicted molar refractivity (Wildman–Crippen MR) is 121 cm³/mol. The van der Waals surface area contributed by atoms with Crippen LogP contribution in [-0.4, -0.2) is 51.8 Å². The van der Waals surface area contributed by atoms with E-state index in [0.29, 0.717) is 16.9 Å². The summed E-state index contributed by atoms with van der Waals surface area (Å²) in [5.74, 6) is -0.321. The summed E-state index contributed by atoms with van der Waals surface area (Å²) in [6.45, 7) is 3.80. The Morgan fingerprint density at radius 3 is 2.30 bits per heavy atom. The van der Waals surface area contributed by atoms with Gasteiger partial charge in [0.25, 0.3) is 5.91 Å². The number of carbonyl (C=O) groups is 1. The monoisotopic (exact) mass is 426 g/mol. The molecular weight excluding hydrogens is 400 g/mol. The molecule has 0 atom stereocenters. The van der Waals surface area contributed by atoms with Crippen molar-refractivity contribution in [1.82, 2.24) is 9.29 Å². The van der Waals surface area contributed by atoms with E-state index < -0.39 is 10.0 Å². The van der Waals surface area contributed by atoms with Crippen molar-refractivity contribution in [3.8, 4) is 0 Å². The third-order valence-corrected chi connectivity index (χ3v) is 6.62. The molecule has 0 spiro atoms. The van der Waals surface area contributed by atoms with Crippen molar-refractivity contribution in [2.24, 2.45) is 0 Å². The number of hydrogen-bond acceptors (Lipinski definition) is 5. The molecular formula is C22H26N4O3S. The highest BCUT2D eigenvalue weighted by molar-refractivity contribution is 7.89. The highest BCUT2D eigenvalue weighted by Crippen LogP contribution is 2.30. The first-order chi connectivity index (χ1) is 14.0. The van der Waals surface area contributed by atoms with Crippen molar-refractivity contribution in [2.75, 3.05) is 38.4 Å². The minimum atomic E-state index is -3.64. The fourth-order valence-electron chi connectivity index (χ4n) is 3.23. The van der Waals surface area contributed by atoms with E-state index in [2.05, 4.69) is 10.3 Å². The summed E-state index contributed by atoms with van der Waals surface area (Å²) in [7, 11) is 2.98. The summed E-state index contributed by atoms with van der Waals surface area (Å²) in [5.41, 5.74) is 4.10. The van der Waals surface area contributed by atoms with Gasteiger partial charge in [-0.2, -0.15) is 0 Å². The second-order valence-corrected chi connectivity index (χ2v) is 9.80.